The van der Waals surface area contributed by atoms with Crippen molar-refractivity contribution < 1.29 is 0 Å². The fourth-order valence-electron chi connectivity index (χ4n) is 2.70. The molecule has 3 heteroatoms. The predicted molar refractivity (Wildman–Crippen MR) is 97.3 cm³/mol. The van der Waals surface area contributed by atoms with Gasteiger partial charge in [-0.15, -0.1) is 0 Å². The van der Waals surface area contributed by atoms with Gasteiger partial charge in [0.15, 0.2) is 0 Å². The van der Waals surface area contributed by atoms with Crippen molar-refractivity contribution in [2.45, 2.75) is 45.7 Å². The lowest BCUT2D eigenvalue weighted by atomic mass is 10.0. The van der Waals surface area contributed by atoms with Crippen LogP contribution in [-0.4, -0.2) is 43.1 Å². The van der Waals surface area contributed by atoms with Gasteiger partial charge in [0.05, 0.1) is 0 Å². The number of thioether (sulfide) groups is 1. The number of rotatable bonds is 10. The first kappa shape index (κ1) is 18.5. The van der Waals surface area contributed by atoms with Crippen LogP contribution in [-0.2, 0) is 0 Å². The van der Waals surface area contributed by atoms with Crippen molar-refractivity contribution in [1.82, 2.24) is 10.2 Å². The summed E-state index contributed by atoms with van der Waals surface area (Å²) in [5, 5.41) is 3.63. The second-order valence-corrected chi connectivity index (χ2v) is 6.72. The Hall–Kier alpha value is -0.510. The van der Waals surface area contributed by atoms with E-state index >= 15 is 0 Å². The molecule has 0 aromatic heterocycles. The third-order valence-electron chi connectivity index (χ3n) is 4.15. The summed E-state index contributed by atoms with van der Waals surface area (Å²) >= 11 is 1.95. The number of hydrogen-bond acceptors (Lipinski definition) is 3. The number of nitrogens with one attached hydrogen (secondary N) is 1. The highest BCUT2D eigenvalue weighted by molar-refractivity contribution is 7.98. The molecule has 0 fully saturated rings. The quantitative estimate of drug-likeness (QED) is 0.700. The van der Waals surface area contributed by atoms with Gasteiger partial charge in [-0.1, -0.05) is 43.7 Å². The third kappa shape index (κ3) is 6.41. The summed E-state index contributed by atoms with van der Waals surface area (Å²) < 4.78 is 0. The summed E-state index contributed by atoms with van der Waals surface area (Å²) in [6, 6.07) is 10.1. The van der Waals surface area contributed by atoms with Crippen LogP contribution >= 0.6 is 11.8 Å². The van der Waals surface area contributed by atoms with Crippen molar-refractivity contribution in [3.05, 3.63) is 35.4 Å². The summed E-state index contributed by atoms with van der Waals surface area (Å²) in [7, 11) is 2.27. The van der Waals surface area contributed by atoms with E-state index in [2.05, 4.69) is 68.6 Å². The highest BCUT2D eigenvalue weighted by atomic mass is 32.2. The topological polar surface area (TPSA) is 15.3 Å². The Balaban J connectivity index is 2.60. The van der Waals surface area contributed by atoms with Crippen LogP contribution in [0.25, 0.3) is 0 Å². The van der Waals surface area contributed by atoms with Gasteiger partial charge in [0.2, 0.25) is 0 Å². The summed E-state index contributed by atoms with van der Waals surface area (Å²) in [5.74, 6) is 1.23. The van der Waals surface area contributed by atoms with Gasteiger partial charge in [-0.2, -0.15) is 11.8 Å². The minimum Gasteiger partial charge on any atom is -0.310 e. The van der Waals surface area contributed by atoms with Gasteiger partial charge in [-0.25, -0.2) is 0 Å². The van der Waals surface area contributed by atoms with Gasteiger partial charge < -0.3 is 10.2 Å². The van der Waals surface area contributed by atoms with E-state index in [-0.39, 0.29) is 0 Å². The molecule has 0 amide bonds. The maximum Gasteiger partial charge on any atom is 0.0332 e. The lowest BCUT2D eigenvalue weighted by Crippen LogP contribution is -2.36. The van der Waals surface area contributed by atoms with E-state index in [1.54, 1.807) is 0 Å². The highest BCUT2D eigenvalue weighted by Crippen LogP contribution is 2.19. The minimum absolute atomic E-state index is 0.463. The van der Waals surface area contributed by atoms with Crippen LogP contribution in [0.2, 0.25) is 0 Å². The lowest BCUT2D eigenvalue weighted by molar-refractivity contribution is 0.241. The zero-order valence-corrected chi connectivity index (χ0v) is 15.2. The Morgan fingerprint density at radius 1 is 1.19 bits per heavy atom. The minimum atomic E-state index is 0.463. The molecule has 1 N–H and O–H groups in total. The van der Waals surface area contributed by atoms with Crippen LogP contribution in [0.3, 0.4) is 0 Å². The number of nitrogens with zero attached hydrogens (tertiary/aromatic N) is 1. The molecule has 0 bridgehead atoms. The summed E-state index contributed by atoms with van der Waals surface area (Å²) in [6.07, 6.45) is 4.59. The van der Waals surface area contributed by atoms with Gasteiger partial charge in [0.25, 0.3) is 0 Å². The molecular weight excluding hydrogens is 276 g/mol. The molecular formula is C18H32N2S. The molecule has 1 aromatic rings. The van der Waals surface area contributed by atoms with Gasteiger partial charge in [0.1, 0.15) is 0 Å². The molecule has 0 aliphatic heterocycles. The molecule has 0 heterocycles. The van der Waals surface area contributed by atoms with Crippen LogP contribution < -0.4 is 5.32 Å². The largest absolute Gasteiger partial charge is 0.310 e. The zero-order chi connectivity index (χ0) is 15.7. The van der Waals surface area contributed by atoms with Crippen LogP contribution in [0.4, 0.5) is 0 Å². The smallest absolute Gasteiger partial charge is 0.0332 e. The summed E-state index contributed by atoms with van der Waals surface area (Å²) in [5.41, 5.74) is 2.74. The summed E-state index contributed by atoms with van der Waals surface area (Å²) in [4.78, 5) is 2.52. The van der Waals surface area contributed by atoms with Gasteiger partial charge in [-0.3, -0.25) is 0 Å². The predicted octanol–water partition coefficient (Wildman–Crippen LogP) is 4.11. The van der Waals surface area contributed by atoms with E-state index in [0.717, 1.165) is 19.5 Å². The Morgan fingerprint density at radius 2 is 1.86 bits per heavy atom. The molecule has 0 spiro atoms. The normalized spacial score (nSPS) is 14.4. The molecule has 0 aliphatic rings. The molecule has 1 rings (SSSR count). The molecule has 21 heavy (non-hydrogen) atoms. The van der Waals surface area contributed by atoms with Crippen molar-refractivity contribution in [3.8, 4) is 0 Å². The van der Waals surface area contributed by atoms with Crippen LogP contribution in [0, 0.1) is 6.92 Å². The van der Waals surface area contributed by atoms with E-state index in [9.17, 15) is 0 Å². The van der Waals surface area contributed by atoms with Crippen LogP contribution in [0.1, 0.15) is 43.9 Å². The second-order valence-electron chi connectivity index (χ2n) is 5.81. The molecule has 2 unspecified atom stereocenters. The molecule has 0 saturated heterocycles. The van der Waals surface area contributed by atoms with E-state index in [4.69, 9.17) is 0 Å². The maximum absolute atomic E-state index is 3.63. The lowest BCUT2D eigenvalue weighted by Gasteiger charge is -2.29. The van der Waals surface area contributed by atoms with Gasteiger partial charge in [0, 0.05) is 17.8 Å². The molecule has 120 valence electrons. The van der Waals surface area contributed by atoms with Crippen molar-refractivity contribution >= 4 is 11.8 Å². The third-order valence-corrected chi connectivity index (χ3v) is 4.87. The first-order chi connectivity index (χ1) is 10.1. The Labute approximate surface area is 135 Å². The summed E-state index contributed by atoms with van der Waals surface area (Å²) in [6.45, 7) is 8.79. The fraction of sp³-hybridized carbons (Fsp3) is 0.667. The van der Waals surface area contributed by atoms with E-state index in [1.165, 1.54) is 23.3 Å². The van der Waals surface area contributed by atoms with Gasteiger partial charge >= 0.3 is 0 Å². The SMILES string of the molecule is CCNC(CCN(C)C(CC)CSC)c1ccc(C)cc1. The number of hydrogen-bond donors (Lipinski definition) is 1. The number of aryl methyl sites for hydroxylation is 1. The van der Waals surface area contributed by atoms with Crippen LogP contribution in [0.5, 0.6) is 0 Å². The Bertz CT molecular complexity index is 377. The first-order valence-corrected chi connectivity index (χ1v) is 9.50. The zero-order valence-electron chi connectivity index (χ0n) is 14.4. The molecule has 2 atom stereocenters. The van der Waals surface area contributed by atoms with E-state index < -0.39 is 0 Å². The van der Waals surface area contributed by atoms with E-state index in [0.29, 0.717) is 12.1 Å². The average Bonchev–Trinajstić information content (AvgIpc) is 2.49. The molecule has 0 aliphatic carbocycles. The first-order valence-electron chi connectivity index (χ1n) is 8.11. The van der Waals surface area contributed by atoms with E-state index in [1.807, 2.05) is 11.8 Å². The standard InChI is InChI=1S/C18H32N2S/c1-6-17(14-21-5)20(4)13-12-18(19-7-2)16-10-8-15(3)9-11-16/h8-11,17-19H,6-7,12-14H2,1-5H3. The fourth-order valence-corrected chi connectivity index (χ4v) is 3.57. The monoisotopic (exact) mass is 308 g/mol. The second kappa shape index (κ2) is 10.3. The van der Waals surface area contributed by atoms with Crippen molar-refractivity contribution in [2.24, 2.45) is 0 Å². The number of benzene rings is 1. The Morgan fingerprint density at radius 3 is 2.38 bits per heavy atom. The molecule has 2 nitrogen and oxygen atoms in total. The molecule has 1 aromatic carbocycles. The molecule has 0 saturated carbocycles. The van der Waals surface area contributed by atoms with Gasteiger partial charge in [-0.05, 0) is 51.7 Å². The van der Waals surface area contributed by atoms with Crippen LogP contribution in [0.15, 0.2) is 24.3 Å². The Kier molecular flexibility index (Phi) is 9.05. The van der Waals surface area contributed by atoms with Crippen molar-refractivity contribution in [3.63, 3.8) is 0 Å². The van der Waals surface area contributed by atoms with Crippen molar-refractivity contribution in [2.75, 3.05) is 32.1 Å². The molecule has 0 radical (unpaired) electrons. The highest BCUT2D eigenvalue weighted by Gasteiger charge is 2.15. The average molecular weight is 309 g/mol. The van der Waals surface area contributed by atoms with Crippen molar-refractivity contribution in [1.29, 1.82) is 0 Å². The maximum atomic E-state index is 3.63.